The van der Waals surface area contributed by atoms with Gasteiger partial charge in [-0.25, -0.2) is 13.2 Å². The number of benzene rings is 1. The van der Waals surface area contributed by atoms with Gasteiger partial charge in [0.05, 0.1) is 61.5 Å². The molecule has 0 bridgehead atoms. The van der Waals surface area contributed by atoms with Gasteiger partial charge in [0.25, 0.3) is 5.91 Å². The zero-order valence-corrected chi connectivity index (χ0v) is 25.1. The summed E-state index contributed by atoms with van der Waals surface area (Å²) in [5.41, 5.74) is 0.484. The second kappa shape index (κ2) is 20.1. The number of nitrogens with one attached hydrogen (secondary N) is 2. The van der Waals surface area contributed by atoms with Gasteiger partial charge in [0.2, 0.25) is 5.91 Å². The molecule has 0 unspecified atom stereocenters. The lowest BCUT2D eigenvalue weighted by Crippen LogP contribution is -2.31. The van der Waals surface area contributed by atoms with E-state index < -0.39 is 34.1 Å². The maximum absolute atomic E-state index is 12.7. The van der Waals surface area contributed by atoms with E-state index in [-0.39, 0.29) is 73.2 Å². The molecule has 2 rings (SSSR count). The van der Waals surface area contributed by atoms with Gasteiger partial charge in [-0.2, -0.15) is 0 Å². The average molecular weight is 640 g/mol. The minimum Gasteiger partial charge on any atom is -0.482 e. The van der Waals surface area contributed by atoms with Crippen molar-refractivity contribution in [3.63, 3.8) is 0 Å². The number of pyridine rings is 1. The summed E-state index contributed by atoms with van der Waals surface area (Å²) in [5, 5.41) is 13.9. The summed E-state index contributed by atoms with van der Waals surface area (Å²) < 4.78 is 51.3. The second-order valence-corrected chi connectivity index (χ2v) is 11.1. The zero-order chi connectivity index (χ0) is 32.2. The first-order chi connectivity index (χ1) is 21.1. The molecular weight excluding hydrogens is 602 g/mol. The Kier molecular flexibility index (Phi) is 16.5. The molecule has 1 aromatic heterocycles. The fraction of sp³-hybridized carbons (Fsp3) is 0.464. The Labute approximate surface area is 255 Å². The van der Waals surface area contributed by atoms with Crippen molar-refractivity contribution in [3.8, 4) is 5.75 Å². The quantitative estimate of drug-likeness (QED) is 0.137. The molecule has 15 nitrogen and oxygen atoms in total. The van der Waals surface area contributed by atoms with E-state index in [1.807, 2.05) is 0 Å². The molecule has 0 aliphatic rings. The number of nitrogens with zero attached hydrogens (tertiary/aromatic N) is 1. The summed E-state index contributed by atoms with van der Waals surface area (Å²) in [6.45, 7) is 2.86. The first-order valence-corrected chi connectivity index (χ1v) is 15.2. The molecule has 0 atom stereocenters. The number of ketones is 1. The number of rotatable bonds is 23. The van der Waals surface area contributed by atoms with Crippen LogP contribution in [0.1, 0.15) is 23.0 Å². The Morgan fingerprint density at radius 2 is 1.39 bits per heavy atom. The minimum atomic E-state index is -3.74. The molecule has 16 heteroatoms. The van der Waals surface area contributed by atoms with E-state index in [4.69, 9.17) is 28.8 Å². The Morgan fingerprint density at radius 1 is 0.773 bits per heavy atom. The second-order valence-electron chi connectivity index (χ2n) is 9.09. The highest BCUT2D eigenvalue weighted by atomic mass is 32.2. The monoisotopic (exact) mass is 639 g/mol. The third kappa shape index (κ3) is 15.5. The molecule has 0 saturated heterocycles. The summed E-state index contributed by atoms with van der Waals surface area (Å²) >= 11 is 0. The predicted octanol–water partition coefficient (Wildman–Crippen LogP) is 0.0203. The molecule has 0 aliphatic heterocycles. The number of aromatic nitrogens is 1. The third-order valence-corrected chi connectivity index (χ3v) is 7.02. The van der Waals surface area contributed by atoms with Gasteiger partial charge < -0.3 is 39.4 Å². The standard InChI is InChI=1S/C28H37N3O12S/c1-21(32)17-41-14-12-39-10-8-29-26(33)18-42-15-13-40-11-9-30-28(36)22-2-3-23(31-16-22)20-44(37,38)25-6-4-24(5-7-25)43-19-27(34)35/h2-7,16H,8-15,17-20H2,1H3,(H,29,33)(H,30,36)(H,34,35). The van der Waals surface area contributed by atoms with Gasteiger partial charge in [0, 0.05) is 19.3 Å². The van der Waals surface area contributed by atoms with Crippen LogP contribution in [0.25, 0.3) is 0 Å². The van der Waals surface area contributed by atoms with Gasteiger partial charge in [-0.1, -0.05) is 0 Å². The van der Waals surface area contributed by atoms with E-state index in [1.54, 1.807) is 0 Å². The fourth-order valence-electron chi connectivity index (χ4n) is 3.28. The molecule has 0 saturated carbocycles. The smallest absolute Gasteiger partial charge is 0.341 e. The Bertz CT molecular complexity index is 1300. The Hall–Kier alpha value is -3.96. The molecule has 1 aromatic carbocycles. The minimum absolute atomic E-state index is 0.0180. The first-order valence-electron chi connectivity index (χ1n) is 13.5. The molecule has 2 aromatic rings. The third-order valence-electron chi connectivity index (χ3n) is 5.35. The SMILES string of the molecule is CC(=O)COCCOCCNC(=O)COCCOCCNC(=O)c1ccc(CS(=O)(=O)c2ccc(OCC(=O)O)cc2)nc1. The lowest BCUT2D eigenvalue weighted by atomic mass is 10.2. The van der Waals surface area contributed by atoms with Crippen LogP contribution in [0.5, 0.6) is 5.75 Å². The van der Waals surface area contributed by atoms with Gasteiger partial charge in [-0.05, 0) is 43.3 Å². The van der Waals surface area contributed by atoms with Crippen LogP contribution in [0.2, 0.25) is 0 Å². The number of hydrogen-bond donors (Lipinski definition) is 3. The Morgan fingerprint density at radius 3 is 1.98 bits per heavy atom. The summed E-state index contributed by atoms with van der Waals surface area (Å²) in [5.74, 6) is -2.08. The van der Waals surface area contributed by atoms with Crippen LogP contribution in [0.4, 0.5) is 0 Å². The van der Waals surface area contributed by atoms with Crippen LogP contribution in [0, 0.1) is 0 Å². The molecule has 44 heavy (non-hydrogen) atoms. The average Bonchev–Trinajstić information content (AvgIpc) is 2.98. The summed E-state index contributed by atoms with van der Waals surface area (Å²) in [6, 6.07) is 8.28. The van der Waals surface area contributed by atoms with Crippen molar-refractivity contribution in [2.75, 3.05) is 72.6 Å². The zero-order valence-electron chi connectivity index (χ0n) is 24.3. The molecule has 242 valence electrons. The van der Waals surface area contributed by atoms with Crippen LogP contribution >= 0.6 is 0 Å². The molecule has 0 aliphatic carbocycles. The van der Waals surface area contributed by atoms with Crippen molar-refractivity contribution in [3.05, 3.63) is 53.9 Å². The van der Waals surface area contributed by atoms with Gasteiger partial charge in [-0.15, -0.1) is 0 Å². The van der Waals surface area contributed by atoms with E-state index in [0.717, 1.165) is 0 Å². The van der Waals surface area contributed by atoms with Gasteiger partial charge >= 0.3 is 5.97 Å². The van der Waals surface area contributed by atoms with Gasteiger partial charge in [0.1, 0.15) is 19.0 Å². The fourth-order valence-corrected chi connectivity index (χ4v) is 4.56. The van der Waals surface area contributed by atoms with E-state index >= 15 is 0 Å². The highest BCUT2D eigenvalue weighted by Gasteiger charge is 2.17. The van der Waals surface area contributed by atoms with Gasteiger partial charge in [0.15, 0.2) is 22.2 Å². The first kappa shape index (κ1) is 36.2. The molecule has 2 amide bonds. The van der Waals surface area contributed by atoms with E-state index in [9.17, 15) is 27.6 Å². The Balaban J connectivity index is 1.55. The molecule has 1 heterocycles. The predicted molar refractivity (Wildman–Crippen MR) is 154 cm³/mol. The maximum atomic E-state index is 12.7. The van der Waals surface area contributed by atoms with Crippen molar-refractivity contribution in [1.82, 2.24) is 15.6 Å². The van der Waals surface area contributed by atoms with Crippen LogP contribution in [-0.2, 0) is 48.9 Å². The molecule has 0 spiro atoms. The molecule has 3 N–H and O–H groups in total. The highest BCUT2D eigenvalue weighted by Crippen LogP contribution is 2.19. The maximum Gasteiger partial charge on any atom is 0.341 e. The summed E-state index contributed by atoms with van der Waals surface area (Å²) in [4.78, 5) is 49.4. The lowest BCUT2D eigenvalue weighted by molar-refractivity contribution is -0.139. The number of carbonyl (C=O) groups is 4. The van der Waals surface area contributed by atoms with Gasteiger partial charge in [-0.3, -0.25) is 19.4 Å². The van der Waals surface area contributed by atoms with Crippen LogP contribution in [0.3, 0.4) is 0 Å². The van der Waals surface area contributed by atoms with Crippen molar-refractivity contribution < 1.29 is 56.4 Å². The lowest BCUT2D eigenvalue weighted by Gasteiger charge is -2.09. The number of aliphatic carboxylic acids is 1. The largest absolute Gasteiger partial charge is 0.482 e. The van der Waals surface area contributed by atoms with Crippen molar-refractivity contribution in [1.29, 1.82) is 0 Å². The number of amides is 2. The number of hydrogen-bond acceptors (Lipinski definition) is 12. The van der Waals surface area contributed by atoms with E-state index in [1.165, 1.54) is 49.5 Å². The summed E-state index contributed by atoms with van der Waals surface area (Å²) in [6.07, 6.45) is 1.28. The number of carboxylic acids is 1. The molecule has 0 radical (unpaired) electrons. The van der Waals surface area contributed by atoms with Crippen molar-refractivity contribution in [2.24, 2.45) is 0 Å². The van der Waals surface area contributed by atoms with Crippen LogP contribution in [0.15, 0.2) is 47.5 Å². The highest BCUT2D eigenvalue weighted by molar-refractivity contribution is 7.90. The number of carboxylic acid groups (broad SMARTS) is 1. The molecule has 0 fully saturated rings. The van der Waals surface area contributed by atoms with E-state index in [2.05, 4.69) is 15.6 Å². The van der Waals surface area contributed by atoms with Crippen LogP contribution < -0.4 is 15.4 Å². The van der Waals surface area contributed by atoms with Crippen LogP contribution in [-0.4, -0.2) is 115 Å². The number of ether oxygens (including phenoxy) is 5. The molecular formula is C28H37N3O12S. The van der Waals surface area contributed by atoms with Crippen molar-refractivity contribution >= 4 is 33.4 Å². The topological polar surface area (TPSA) is 206 Å². The van der Waals surface area contributed by atoms with Crippen molar-refractivity contribution in [2.45, 2.75) is 17.6 Å². The normalized spacial score (nSPS) is 11.1. The number of Topliss-reactive ketones (excluding diaryl/α,β-unsaturated/α-hetero) is 1. The number of carbonyl (C=O) groups excluding carboxylic acids is 3. The summed E-state index contributed by atoms with van der Waals surface area (Å²) in [7, 11) is -3.74. The van der Waals surface area contributed by atoms with E-state index in [0.29, 0.717) is 26.4 Å². The number of sulfone groups is 1.